The number of methoxy groups -OCH3 is 1. The van der Waals surface area contributed by atoms with Crippen LogP contribution in [0.15, 0.2) is 30.6 Å². The van der Waals surface area contributed by atoms with Crippen LogP contribution in [0, 0.1) is 11.3 Å². The fraction of sp³-hybridized carbons (Fsp3) is 0.227. The Labute approximate surface area is 204 Å². The van der Waals surface area contributed by atoms with Crippen LogP contribution in [0.4, 0.5) is 5.82 Å². The van der Waals surface area contributed by atoms with Crippen molar-refractivity contribution in [3.8, 4) is 28.8 Å². The van der Waals surface area contributed by atoms with E-state index in [0.29, 0.717) is 45.2 Å². The summed E-state index contributed by atoms with van der Waals surface area (Å²) in [6.07, 6.45) is 3.11. The molecule has 0 saturated carbocycles. The monoisotopic (exact) mass is 496 g/mol. The molecule has 1 saturated heterocycles. The van der Waals surface area contributed by atoms with Crippen molar-refractivity contribution in [1.29, 1.82) is 5.26 Å². The molecule has 12 heteroatoms. The average molecular weight is 497 g/mol. The minimum Gasteiger partial charge on any atom is -0.493 e. The van der Waals surface area contributed by atoms with Gasteiger partial charge >= 0.3 is 0 Å². The van der Waals surface area contributed by atoms with Gasteiger partial charge in [0, 0.05) is 36.3 Å². The number of rotatable bonds is 6. The zero-order valence-corrected chi connectivity index (χ0v) is 19.4. The fourth-order valence-electron chi connectivity index (χ4n) is 3.75. The number of ether oxygens (including phenoxy) is 2. The third-order valence-electron chi connectivity index (χ3n) is 5.60. The van der Waals surface area contributed by atoms with Crippen molar-refractivity contribution in [2.45, 2.75) is 12.6 Å². The number of nitrogens with two attached hydrogens (primary N) is 1. The standard InChI is InChI=1S/C22H18Cl2N8O2/c1-33-16-7-15-13(6-17(16)34-21(26)18-14(23)10-28-31-20(18)24)19(30-29-15)12-5-11(8-25)22(27-9-12)32-3-2-4-32/h5-7,9-10,21H,2-4,26H2,1H3,(H,29,30)/t21-/m0/s1. The third-order valence-corrected chi connectivity index (χ3v) is 6.18. The van der Waals surface area contributed by atoms with E-state index in [1.54, 1.807) is 24.4 Å². The molecule has 0 radical (unpaired) electrons. The van der Waals surface area contributed by atoms with Crippen LogP contribution in [0.5, 0.6) is 11.5 Å². The Morgan fingerprint density at radius 2 is 2.03 bits per heavy atom. The molecule has 0 bridgehead atoms. The summed E-state index contributed by atoms with van der Waals surface area (Å²) in [5.74, 6) is 1.46. The Morgan fingerprint density at radius 1 is 1.21 bits per heavy atom. The number of fused-ring (bicyclic) bond motifs is 1. The predicted octanol–water partition coefficient (Wildman–Crippen LogP) is 3.85. The SMILES string of the molecule is COc1cc2[nH]nc(-c3cnc(N4CCC4)c(C#N)c3)c2cc1O[C@H](N)c1c(Cl)cnnc1Cl. The van der Waals surface area contributed by atoms with E-state index in [-0.39, 0.29) is 10.2 Å². The summed E-state index contributed by atoms with van der Waals surface area (Å²) >= 11 is 12.3. The van der Waals surface area contributed by atoms with E-state index in [1.165, 1.54) is 13.3 Å². The molecule has 1 fully saturated rings. The highest BCUT2D eigenvalue weighted by molar-refractivity contribution is 6.35. The lowest BCUT2D eigenvalue weighted by Gasteiger charge is -2.32. The molecule has 3 N–H and O–H groups in total. The van der Waals surface area contributed by atoms with Gasteiger partial charge < -0.3 is 14.4 Å². The van der Waals surface area contributed by atoms with Crippen LogP contribution in [-0.2, 0) is 0 Å². The molecule has 1 aliphatic rings. The fourth-order valence-corrected chi connectivity index (χ4v) is 4.29. The molecule has 0 spiro atoms. The quantitative estimate of drug-likeness (QED) is 0.380. The number of anilines is 1. The Balaban J connectivity index is 1.55. The smallest absolute Gasteiger partial charge is 0.178 e. The first kappa shape index (κ1) is 22.2. The highest BCUT2D eigenvalue weighted by atomic mass is 35.5. The lowest BCUT2D eigenvalue weighted by molar-refractivity contribution is 0.204. The van der Waals surface area contributed by atoms with Gasteiger partial charge in [-0.25, -0.2) is 4.98 Å². The molecule has 0 aliphatic carbocycles. The Kier molecular flexibility index (Phi) is 5.83. The second-order valence-electron chi connectivity index (χ2n) is 7.60. The van der Waals surface area contributed by atoms with E-state index < -0.39 is 6.23 Å². The molecule has 0 amide bonds. The normalized spacial score (nSPS) is 13.9. The number of hydrogen-bond donors (Lipinski definition) is 2. The van der Waals surface area contributed by atoms with E-state index >= 15 is 0 Å². The summed E-state index contributed by atoms with van der Waals surface area (Å²) in [7, 11) is 1.52. The van der Waals surface area contributed by atoms with Gasteiger partial charge in [-0.3, -0.25) is 10.8 Å². The van der Waals surface area contributed by atoms with E-state index in [4.69, 9.17) is 38.4 Å². The molecule has 1 atom stereocenters. The van der Waals surface area contributed by atoms with E-state index in [9.17, 15) is 5.26 Å². The number of pyridine rings is 1. The van der Waals surface area contributed by atoms with Gasteiger partial charge in [0.2, 0.25) is 0 Å². The molecular weight excluding hydrogens is 479 g/mol. The molecule has 1 aromatic carbocycles. The molecule has 172 valence electrons. The van der Waals surface area contributed by atoms with Gasteiger partial charge in [-0.15, -0.1) is 5.10 Å². The summed E-state index contributed by atoms with van der Waals surface area (Å²) in [4.78, 5) is 6.61. The zero-order chi connectivity index (χ0) is 23.8. The molecule has 4 heterocycles. The van der Waals surface area contributed by atoms with Crippen molar-refractivity contribution in [1.82, 2.24) is 25.4 Å². The maximum Gasteiger partial charge on any atom is 0.178 e. The van der Waals surface area contributed by atoms with Gasteiger partial charge in [-0.2, -0.15) is 15.5 Å². The number of hydrogen-bond acceptors (Lipinski definition) is 9. The topological polar surface area (TPSA) is 139 Å². The molecule has 4 aromatic rings. The van der Waals surface area contributed by atoms with E-state index in [2.05, 4.69) is 36.3 Å². The predicted molar refractivity (Wildman–Crippen MR) is 127 cm³/mol. The largest absolute Gasteiger partial charge is 0.493 e. The second-order valence-corrected chi connectivity index (χ2v) is 8.37. The van der Waals surface area contributed by atoms with Crippen molar-refractivity contribution in [2.24, 2.45) is 5.73 Å². The summed E-state index contributed by atoms with van der Waals surface area (Å²) in [5.41, 5.74) is 9.04. The molecule has 5 rings (SSSR count). The van der Waals surface area contributed by atoms with Crippen molar-refractivity contribution in [3.05, 3.63) is 51.9 Å². The Morgan fingerprint density at radius 3 is 2.71 bits per heavy atom. The number of aromatic nitrogens is 5. The summed E-state index contributed by atoms with van der Waals surface area (Å²) < 4.78 is 11.4. The van der Waals surface area contributed by atoms with Crippen LogP contribution >= 0.6 is 23.2 Å². The number of H-pyrrole nitrogens is 1. The third kappa shape index (κ3) is 3.84. The highest BCUT2D eigenvalue weighted by Gasteiger charge is 2.23. The highest BCUT2D eigenvalue weighted by Crippen LogP contribution is 2.39. The average Bonchev–Trinajstić information content (AvgIpc) is 3.20. The summed E-state index contributed by atoms with van der Waals surface area (Å²) in [5, 5.41) is 25.6. The van der Waals surface area contributed by atoms with Crippen molar-refractivity contribution < 1.29 is 9.47 Å². The molecule has 3 aromatic heterocycles. The first-order chi connectivity index (χ1) is 16.5. The minimum absolute atomic E-state index is 0.0430. The van der Waals surface area contributed by atoms with Gasteiger partial charge in [0.15, 0.2) is 22.9 Å². The maximum atomic E-state index is 9.66. The number of nitriles is 1. The van der Waals surface area contributed by atoms with E-state index in [0.717, 1.165) is 24.9 Å². The van der Waals surface area contributed by atoms with Crippen LogP contribution in [0.3, 0.4) is 0 Å². The van der Waals surface area contributed by atoms with Crippen LogP contribution in [0.1, 0.15) is 23.8 Å². The van der Waals surface area contributed by atoms with Crippen LogP contribution in [-0.4, -0.2) is 45.6 Å². The minimum atomic E-state index is -1.03. The van der Waals surface area contributed by atoms with Crippen LogP contribution in [0.25, 0.3) is 22.2 Å². The number of nitrogens with zero attached hydrogens (tertiary/aromatic N) is 6. The van der Waals surface area contributed by atoms with E-state index in [1.807, 2.05) is 0 Å². The zero-order valence-electron chi connectivity index (χ0n) is 17.9. The number of aromatic amines is 1. The number of halogens is 2. The maximum absolute atomic E-state index is 9.66. The van der Waals surface area contributed by atoms with Crippen molar-refractivity contribution in [3.63, 3.8) is 0 Å². The van der Waals surface area contributed by atoms with Gasteiger partial charge in [-0.05, 0) is 18.6 Å². The lowest BCUT2D eigenvalue weighted by Crippen LogP contribution is -2.38. The number of nitrogens with one attached hydrogen (secondary N) is 1. The van der Waals surface area contributed by atoms with Gasteiger partial charge in [0.05, 0.1) is 35.0 Å². The lowest BCUT2D eigenvalue weighted by atomic mass is 10.1. The molecule has 0 unspecified atom stereocenters. The van der Waals surface area contributed by atoms with Crippen molar-refractivity contribution in [2.75, 3.05) is 25.1 Å². The Bertz CT molecular complexity index is 1410. The summed E-state index contributed by atoms with van der Waals surface area (Å²) in [6.45, 7) is 1.79. The first-order valence-electron chi connectivity index (χ1n) is 10.3. The molecule has 10 nitrogen and oxygen atoms in total. The van der Waals surface area contributed by atoms with Crippen LogP contribution < -0.4 is 20.1 Å². The second kappa shape index (κ2) is 8.95. The van der Waals surface area contributed by atoms with Gasteiger partial charge in [-0.1, -0.05) is 23.2 Å². The Hall–Kier alpha value is -3.65. The van der Waals surface area contributed by atoms with Gasteiger partial charge in [0.1, 0.15) is 17.6 Å². The van der Waals surface area contributed by atoms with Crippen molar-refractivity contribution >= 4 is 39.9 Å². The first-order valence-corrected chi connectivity index (χ1v) is 11.1. The molecular formula is C22H18Cl2N8O2. The molecule has 34 heavy (non-hydrogen) atoms. The van der Waals surface area contributed by atoms with Crippen LogP contribution in [0.2, 0.25) is 10.2 Å². The molecule has 1 aliphatic heterocycles. The number of benzene rings is 1. The summed E-state index contributed by atoms with van der Waals surface area (Å²) in [6, 6.07) is 7.52. The van der Waals surface area contributed by atoms with Gasteiger partial charge in [0.25, 0.3) is 0 Å².